The van der Waals surface area contributed by atoms with Gasteiger partial charge in [-0.05, 0) is 26.3 Å². The lowest BCUT2D eigenvalue weighted by molar-refractivity contribution is -0.148. The Morgan fingerprint density at radius 2 is 1.96 bits per heavy atom. The van der Waals surface area contributed by atoms with Gasteiger partial charge in [-0.2, -0.15) is 0 Å². The number of amides is 2. The predicted molar refractivity (Wildman–Crippen MR) is 102 cm³/mol. The van der Waals surface area contributed by atoms with E-state index in [1.165, 1.54) is 11.8 Å². The van der Waals surface area contributed by atoms with Gasteiger partial charge in [0.15, 0.2) is 0 Å². The minimum absolute atomic E-state index is 0.0217. The monoisotopic (exact) mass is 378 g/mol. The molecule has 0 radical (unpaired) electrons. The molecule has 2 amide bonds. The Morgan fingerprint density at radius 1 is 1.27 bits per heavy atom. The molecule has 2 rings (SSSR count). The molecular formula is C19H26N2O4S. The highest BCUT2D eigenvalue weighted by atomic mass is 32.2. The van der Waals surface area contributed by atoms with Crippen LogP contribution in [0.15, 0.2) is 24.3 Å². The zero-order valence-electron chi connectivity index (χ0n) is 15.5. The average molecular weight is 378 g/mol. The standard InChI is InChI=1S/C19H26N2O4S/c1-13(2)25-18(23)12-16(15-6-4-14(3)5-7-15)20-17(22)8-9-21-10-11-26-19(21)24/h4-7,13,16H,8-12H2,1-3H3,(H,20,22)/t16-/m1/s1. The van der Waals surface area contributed by atoms with E-state index in [4.69, 9.17) is 4.74 Å². The van der Waals surface area contributed by atoms with Gasteiger partial charge in [-0.3, -0.25) is 14.4 Å². The maximum absolute atomic E-state index is 12.4. The Balaban J connectivity index is 1.97. The minimum Gasteiger partial charge on any atom is -0.463 e. The second-order valence-electron chi connectivity index (χ2n) is 6.62. The maximum atomic E-state index is 12.4. The van der Waals surface area contributed by atoms with Crippen molar-refractivity contribution in [1.82, 2.24) is 10.2 Å². The van der Waals surface area contributed by atoms with Crippen LogP contribution < -0.4 is 5.32 Å². The highest BCUT2D eigenvalue weighted by Gasteiger charge is 2.23. The predicted octanol–water partition coefficient (Wildman–Crippen LogP) is 3.05. The summed E-state index contributed by atoms with van der Waals surface area (Å²) in [7, 11) is 0. The van der Waals surface area contributed by atoms with E-state index >= 15 is 0 Å². The van der Waals surface area contributed by atoms with Gasteiger partial charge in [-0.15, -0.1) is 0 Å². The molecule has 0 aliphatic carbocycles. The first-order chi connectivity index (χ1) is 12.3. The molecule has 1 aromatic carbocycles. The van der Waals surface area contributed by atoms with E-state index < -0.39 is 6.04 Å². The molecule has 1 heterocycles. The van der Waals surface area contributed by atoms with Crippen molar-refractivity contribution in [2.75, 3.05) is 18.8 Å². The Hall–Kier alpha value is -2.02. The van der Waals surface area contributed by atoms with Crippen molar-refractivity contribution in [2.45, 2.75) is 45.8 Å². The lowest BCUT2D eigenvalue weighted by Gasteiger charge is -2.21. The zero-order valence-corrected chi connectivity index (χ0v) is 16.3. The normalized spacial score (nSPS) is 15.2. The van der Waals surface area contributed by atoms with Gasteiger partial charge in [0.2, 0.25) is 5.91 Å². The first kappa shape index (κ1) is 20.3. The van der Waals surface area contributed by atoms with Crippen LogP contribution in [0.25, 0.3) is 0 Å². The van der Waals surface area contributed by atoms with E-state index in [1.54, 1.807) is 18.7 Å². The molecule has 0 bridgehead atoms. The second kappa shape index (κ2) is 9.62. The Kier molecular flexibility index (Phi) is 7.50. The Bertz CT molecular complexity index is 645. The van der Waals surface area contributed by atoms with Crippen LogP contribution in [0.3, 0.4) is 0 Å². The van der Waals surface area contributed by atoms with Gasteiger partial charge in [-0.25, -0.2) is 0 Å². The van der Waals surface area contributed by atoms with Crippen molar-refractivity contribution in [3.8, 4) is 0 Å². The molecule has 0 aromatic heterocycles. The molecule has 1 fully saturated rings. The van der Waals surface area contributed by atoms with Crippen molar-refractivity contribution >= 4 is 28.9 Å². The fourth-order valence-electron chi connectivity index (χ4n) is 2.66. The lowest BCUT2D eigenvalue weighted by atomic mass is 10.0. The van der Waals surface area contributed by atoms with Crippen LogP contribution in [0.2, 0.25) is 0 Å². The van der Waals surface area contributed by atoms with Crippen molar-refractivity contribution in [3.05, 3.63) is 35.4 Å². The third-order valence-corrected chi connectivity index (χ3v) is 4.90. The van der Waals surface area contributed by atoms with E-state index in [1.807, 2.05) is 31.2 Å². The van der Waals surface area contributed by atoms with Gasteiger partial charge in [-0.1, -0.05) is 41.6 Å². The molecule has 1 aliphatic rings. The van der Waals surface area contributed by atoms with E-state index in [-0.39, 0.29) is 36.1 Å². The van der Waals surface area contributed by atoms with Gasteiger partial charge in [0.25, 0.3) is 5.24 Å². The van der Waals surface area contributed by atoms with Crippen molar-refractivity contribution < 1.29 is 19.1 Å². The molecule has 1 atom stereocenters. The highest BCUT2D eigenvalue weighted by Crippen LogP contribution is 2.20. The van der Waals surface area contributed by atoms with Crippen LogP contribution in [0.5, 0.6) is 0 Å². The summed E-state index contributed by atoms with van der Waals surface area (Å²) in [5.74, 6) is 0.239. The lowest BCUT2D eigenvalue weighted by Crippen LogP contribution is -2.34. The number of aryl methyl sites for hydroxylation is 1. The van der Waals surface area contributed by atoms with E-state index in [9.17, 15) is 14.4 Å². The van der Waals surface area contributed by atoms with Crippen LogP contribution in [-0.4, -0.2) is 47.0 Å². The fraction of sp³-hybridized carbons (Fsp3) is 0.526. The minimum atomic E-state index is -0.446. The summed E-state index contributed by atoms with van der Waals surface area (Å²) in [6.07, 6.45) is 0.0925. The molecule has 142 valence electrons. The summed E-state index contributed by atoms with van der Waals surface area (Å²) in [6, 6.07) is 7.26. The second-order valence-corrected chi connectivity index (χ2v) is 7.67. The quantitative estimate of drug-likeness (QED) is 0.704. The SMILES string of the molecule is Cc1ccc([C@@H](CC(=O)OC(C)C)NC(=O)CCN2CCSC2=O)cc1. The first-order valence-corrected chi connectivity index (χ1v) is 9.81. The number of ether oxygens (including phenoxy) is 1. The molecule has 1 N–H and O–H groups in total. The maximum Gasteiger partial charge on any atom is 0.308 e. The zero-order chi connectivity index (χ0) is 19.1. The first-order valence-electron chi connectivity index (χ1n) is 8.82. The number of thioether (sulfide) groups is 1. The molecule has 7 heteroatoms. The summed E-state index contributed by atoms with van der Waals surface area (Å²) in [6.45, 7) is 6.65. The molecule has 1 aromatic rings. The molecule has 0 saturated carbocycles. The number of carbonyl (C=O) groups is 3. The summed E-state index contributed by atoms with van der Waals surface area (Å²) in [4.78, 5) is 37.7. The number of carbonyl (C=O) groups excluding carboxylic acids is 3. The van der Waals surface area contributed by atoms with Crippen LogP contribution in [-0.2, 0) is 14.3 Å². The number of hydrogen-bond donors (Lipinski definition) is 1. The third-order valence-electron chi connectivity index (χ3n) is 4.01. The molecule has 0 unspecified atom stereocenters. The number of benzene rings is 1. The van der Waals surface area contributed by atoms with Gasteiger partial charge in [0.1, 0.15) is 0 Å². The van der Waals surface area contributed by atoms with Gasteiger partial charge >= 0.3 is 5.97 Å². The van der Waals surface area contributed by atoms with Gasteiger partial charge in [0.05, 0.1) is 18.6 Å². The van der Waals surface area contributed by atoms with Gasteiger partial charge < -0.3 is 15.0 Å². The smallest absolute Gasteiger partial charge is 0.308 e. The fourth-order valence-corrected chi connectivity index (χ4v) is 3.51. The molecule has 6 nitrogen and oxygen atoms in total. The van der Waals surface area contributed by atoms with E-state index in [0.717, 1.165) is 16.9 Å². The Labute approximate surface area is 158 Å². The van der Waals surface area contributed by atoms with Crippen LogP contribution >= 0.6 is 11.8 Å². The molecular weight excluding hydrogens is 352 g/mol. The van der Waals surface area contributed by atoms with E-state index in [0.29, 0.717) is 13.1 Å². The van der Waals surface area contributed by atoms with Gasteiger partial charge in [0, 0.05) is 25.3 Å². The number of nitrogens with zero attached hydrogens (tertiary/aromatic N) is 1. The summed E-state index contributed by atoms with van der Waals surface area (Å²) >= 11 is 1.28. The van der Waals surface area contributed by atoms with Crippen LogP contribution in [0, 0.1) is 6.92 Å². The molecule has 1 aliphatic heterocycles. The van der Waals surface area contributed by atoms with Crippen molar-refractivity contribution in [3.63, 3.8) is 0 Å². The number of esters is 1. The summed E-state index contributed by atoms with van der Waals surface area (Å²) in [5, 5.41) is 2.93. The average Bonchev–Trinajstić information content (AvgIpc) is 2.97. The van der Waals surface area contributed by atoms with E-state index in [2.05, 4.69) is 5.32 Å². The Morgan fingerprint density at radius 3 is 2.54 bits per heavy atom. The third kappa shape index (κ3) is 6.37. The van der Waals surface area contributed by atoms with Crippen molar-refractivity contribution in [1.29, 1.82) is 0 Å². The molecule has 26 heavy (non-hydrogen) atoms. The molecule has 1 saturated heterocycles. The van der Waals surface area contributed by atoms with Crippen molar-refractivity contribution in [2.24, 2.45) is 0 Å². The largest absolute Gasteiger partial charge is 0.463 e. The number of nitrogens with one attached hydrogen (secondary N) is 1. The number of hydrogen-bond acceptors (Lipinski definition) is 5. The summed E-state index contributed by atoms with van der Waals surface area (Å²) in [5.41, 5.74) is 1.96. The van der Waals surface area contributed by atoms with Crippen LogP contribution in [0.1, 0.15) is 43.9 Å². The van der Waals surface area contributed by atoms with Crippen LogP contribution in [0.4, 0.5) is 4.79 Å². The topological polar surface area (TPSA) is 75.7 Å². The summed E-state index contributed by atoms with van der Waals surface area (Å²) < 4.78 is 5.22. The molecule has 0 spiro atoms. The highest BCUT2D eigenvalue weighted by molar-refractivity contribution is 8.13. The number of rotatable bonds is 8.